The summed E-state index contributed by atoms with van der Waals surface area (Å²) in [6, 6.07) is 11.4. The standard InChI is InChI=1S/C16H12F2N2O/c17-13-5-10(8-19)6-14(18)16(13)20-9-12-7-11-3-1-2-4-15(11)21-12/h1-6,12,20H,7,9H2. The monoisotopic (exact) mass is 286 g/mol. The molecular formula is C16H12F2N2O. The van der Waals surface area contributed by atoms with Crippen LogP contribution >= 0.6 is 0 Å². The first-order chi connectivity index (χ1) is 10.2. The number of rotatable bonds is 3. The van der Waals surface area contributed by atoms with Gasteiger partial charge in [-0.05, 0) is 23.8 Å². The maximum absolute atomic E-state index is 13.7. The molecule has 106 valence electrons. The average molecular weight is 286 g/mol. The highest BCUT2D eigenvalue weighted by atomic mass is 19.1. The minimum Gasteiger partial charge on any atom is -0.488 e. The Balaban J connectivity index is 1.69. The number of nitrogens with one attached hydrogen (secondary N) is 1. The molecule has 0 radical (unpaired) electrons. The second-order valence-electron chi connectivity index (χ2n) is 4.86. The Labute approximate surface area is 120 Å². The van der Waals surface area contributed by atoms with Crippen LogP contribution in [-0.2, 0) is 6.42 Å². The lowest BCUT2D eigenvalue weighted by Crippen LogP contribution is -2.24. The molecule has 1 aliphatic rings. The summed E-state index contributed by atoms with van der Waals surface area (Å²) in [5, 5.41) is 11.4. The molecule has 0 bridgehead atoms. The fourth-order valence-electron chi connectivity index (χ4n) is 2.39. The van der Waals surface area contributed by atoms with Gasteiger partial charge >= 0.3 is 0 Å². The number of ether oxygens (including phenoxy) is 1. The summed E-state index contributed by atoms with van der Waals surface area (Å²) in [5.41, 5.74) is 0.818. The first-order valence-electron chi connectivity index (χ1n) is 6.55. The quantitative estimate of drug-likeness (QED) is 0.942. The molecule has 2 aromatic carbocycles. The Bertz CT molecular complexity index is 676. The first-order valence-corrected chi connectivity index (χ1v) is 6.55. The maximum Gasteiger partial charge on any atom is 0.150 e. The van der Waals surface area contributed by atoms with Crippen LogP contribution in [0.4, 0.5) is 14.5 Å². The molecule has 1 atom stereocenters. The van der Waals surface area contributed by atoms with Crippen LogP contribution in [0.2, 0.25) is 0 Å². The van der Waals surface area contributed by atoms with E-state index in [2.05, 4.69) is 5.32 Å². The van der Waals surface area contributed by atoms with Crippen molar-refractivity contribution in [2.45, 2.75) is 12.5 Å². The molecule has 0 spiro atoms. The lowest BCUT2D eigenvalue weighted by Gasteiger charge is -2.14. The molecule has 3 rings (SSSR count). The van der Waals surface area contributed by atoms with E-state index in [0.717, 1.165) is 23.4 Å². The van der Waals surface area contributed by atoms with Crippen molar-refractivity contribution in [3.63, 3.8) is 0 Å². The number of halogens is 2. The molecule has 0 fully saturated rings. The zero-order chi connectivity index (χ0) is 14.8. The van der Waals surface area contributed by atoms with E-state index in [-0.39, 0.29) is 23.9 Å². The van der Waals surface area contributed by atoms with E-state index in [4.69, 9.17) is 10.00 Å². The maximum atomic E-state index is 13.7. The third-order valence-corrected chi connectivity index (χ3v) is 3.39. The lowest BCUT2D eigenvalue weighted by atomic mass is 10.1. The molecule has 1 heterocycles. The Morgan fingerprint density at radius 3 is 2.62 bits per heavy atom. The summed E-state index contributed by atoms with van der Waals surface area (Å²) in [4.78, 5) is 0. The van der Waals surface area contributed by atoms with Crippen molar-refractivity contribution in [3.8, 4) is 11.8 Å². The van der Waals surface area contributed by atoms with Crippen molar-refractivity contribution >= 4 is 5.69 Å². The predicted molar refractivity (Wildman–Crippen MR) is 74.1 cm³/mol. The van der Waals surface area contributed by atoms with E-state index in [1.54, 1.807) is 6.07 Å². The summed E-state index contributed by atoms with van der Waals surface area (Å²) >= 11 is 0. The molecule has 1 N–H and O–H groups in total. The summed E-state index contributed by atoms with van der Waals surface area (Å²) in [6.45, 7) is 0.286. The third-order valence-electron chi connectivity index (χ3n) is 3.39. The molecule has 0 saturated carbocycles. The van der Waals surface area contributed by atoms with Crippen molar-refractivity contribution in [2.75, 3.05) is 11.9 Å². The second kappa shape index (κ2) is 5.41. The van der Waals surface area contributed by atoms with Crippen LogP contribution < -0.4 is 10.1 Å². The van der Waals surface area contributed by atoms with Gasteiger partial charge in [0.1, 0.15) is 17.5 Å². The Hall–Kier alpha value is -2.61. The number of nitriles is 1. The molecule has 5 heteroatoms. The van der Waals surface area contributed by atoms with Crippen LogP contribution in [0.15, 0.2) is 36.4 Å². The Morgan fingerprint density at radius 1 is 1.24 bits per heavy atom. The van der Waals surface area contributed by atoms with E-state index in [1.807, 2.05) is 24.3 Å². The van der Waals surface area contributed by atoms with Gasteiger partial charge in [0.25, 0.3) is 0 Å². The minimum atomic E-state index is -0.776. The highest BCUT2D eigenvalue weighted by Gasteiger charge is 2.23. The van der Waals surface area contributed by atoms with Gasteiger partial charge in [-0.2, -0.15) is 5.26 Å². The van der Waals surface area contributed by atoms with E-state index in [9.17, 15) is 8.78 Å². The van der Waals surface area contributed by atoms with Crippen molar-refractivity contribution in [2.24, 2.45) is 0 Å². The SMILES string of the molecule is N#Cc1cc(F)c(NCC2Cc3ccccc3O2)c(F)c1. The molecule has 0 saturated heterocycles. The van der Waals surface area contributed by atoms with Crippen LogP contribution in [-0.4, -0.2) is 12.6 Å². The zero-order valence-electron chi connectivity index (χ0n) is 11.1. The van der Waals surface area contributed by atoms with Crippen molar-refractivity contribution in [1.82, 2.24) is 0 Å². The molecule has 1 aliphatic heterocycles. The van der Waals surface area contributed by atoms with Crippen LogP contribution in [0, 0.1) is 23.0 Å². The van der Waals surface area contributed by atoms with Gasteiger partial charge in [-0.3, -0.25) is 0 Å². The van der Waals surface area contributed by atoms with Gasteiger partial charge in [-0.25, -0.2) is 8.78 Å². The number of fused-ring (bicyclic) bond motifs is 1. The fraction of sp³-hybridized carbons (Fsp3) is 0.188. The highest BCUT2D eigenvalue weighted by Crippen LogP contribution is 2.28. The Kier molecular flexibility index (Phi) is 3.44. The topological polar surface area (TPSA) is 45.0 Å². The number of hydrogen-bond acceptors (Lipinski definition) is 3. The molecule has 21 heavy (non-hydrogen) atoms. The van der Waals surface area contributed by atoms with E-state index >= 15 is 0 Å². The second-order valence-corrected chi connectivity index (χ2v) is 4.86. The summed E-state index contributed by atoms with van der Waals surface area (Å²) in [6.07, 6.45) is 0.528. The van der Waals surface area contributed by atoms with Crippen LogP contribution in [0.1, 0.15) is 11.1 Å². The van der Waals surface area contributed by atoms with Gasteiger partial charge < -0.3 is 10.1 Å². The van der Waals surface area contributed by atoms with Gasteiger partial charge in [-0.1, -0.05) is 18.2 Å². The van der Waals surface area contributed by atoms with Crippen molar-refractivity contribution in [1.29, 1.82) is 5.26 Å². The number of nitrogens with zero attached hydrogens (tertiary/aromatic N) is 1. The zero-order valence-corrected chi connectivity index (χ0v) is 11.1. The molecule has 3 nitrogen and oxygen atoms in total. The molecule has 0 aromatic heterocycles. The Morgan fingerprint density at radius 2 is 1.95 bits per heavy atom. The molecule has 1 unspecified atom stereocenters. The normalized spacial score (nSPS) is 16.0. The number of para-hydroxylation sites is 1. The molecule has 0 amide bonds. The van der Waals surface area contributed by atoms with Gasteiger partial charge in [0.05, 0.1) is 18.2 Å². The number of anilines is 1. The van der Waals surface area contributed by atoms with E-state index < -0.39 is 11.6 Å². The largest absolute Gasteiger partial charge is 0.488 e. The lowest BCUT2D eigenvalue weighted by molar-refractivity contribution is 0.246. The summed E-state index contributed by atoms with van der Waals surface area (Å²) in [5.74, 6) is -0.741. The summed E-state index contributed by atoms with van der Waals surface area (Å²) < 4.78 is 33.2. The van der Waals surface area contributed by atoms with Gasteiger partial charge in [0.2, 0.25) is 0 Å². The van der Waals surface area contributed by atoms with Crippen LogP contribution in [0.25, 0.3) is 0 Å². The predicted octanol–water partition coefficient (Wildman–Crippen LogP) is 3.25. The molecule has 2 aromatic rings. The third kappa shape index (κ3) is 2.65. The summed E-state index contributed by atoms with van der Waals surface area (Å²) in [7, 11) is 0. The number of hydrogen-bond donors (Lipinski definition) is 1. The minimum absolute atomic E-state index is 0.0416. The van der Waals surface area contributed by atoms with Crippen LogP contribution in [0.3, 0.4) is 0 Å². The molecular weight excluding hydrogens is 274 g/mol. The smallest absolute Gasteiger partial charge is 0.150 e. The van der Waals surface area contributed by atoms with E-state index in [0.29, 0.717) is 6.42 Å². The fourth-order valence-corrected chi connectivity index (χ4v) is 2.39. The highest BCUT2D eigenvalue weighted by molar-refractivity contribution is 5.50. The van der Waals surface area contributed by atoms with Crippen molar-refractivity contribution in [3.05, 3.63) is 59.2 Å². The average Bonchev–Trinajstić information content (AvgIpc) is 2.88. The van der Waals surface area contributed by atoms with Gasteiger partial charge in [0, 0.05) is 6.42 Å². The van der Waals surface area contributed by atoms with Gasteiger partial charge in [0.15, 0.2) is 11.6 Å². The first kappa shape index (κ1) is 13.4. The van der Waals surface area contributed by atoms with E-state index in [1.165, 1.54) is 0 Å². The number of benzene rings is 2. The molecule has 0 aliphatic carbocycles. The van der Waals surface area contributed by atoms with Crippen molar-refractivity contribution < 1.29 is 13.5 Å². The van der Waals surface area contributed by atoms with Gasteiger partial charge in [-0.15, -0.1) is 0 Å². The van der Waals surface area contributed by atoms with Crippen LogP contribution in [0.5, 0.6) is 5.75 Å².